The molecule has 6 nitrogen and oxygen atoms in total. The Hall–Kier alpha value is -3.24. The van der Waals surface area contributed by atoms with Crippen molar-refractivity contribution in [2.75, 3.05) is 0 Å². The molecular formula is C24H19F2N3O3S2. The molecule has 1 saturated heterocycles. The molecular weight excluding hydrogens is 480 g/mol. The monoisotopic (exact) mass is 499 g/mol. The van der Waals surface area contributed by atoms with Crippen LogP contribution in [0.1, 0.15) is 25.6 Å². The molecule has 0 saturated carbocycles. The zero-order valence-electron chi connectivity index (χ0n) is 18.2. The van der Waals surface area contributed by atoms with Crippen LogP contribution < -0.4 is 11.4 Å². The van der Waals surface area contributed by atoms with E-state index in [1.165, 1.54) is 22.7 Å². The topological polar surface area (TPSA) is 60.4 Å². The summed E-state index contributed by atoms with van der Waals surface area (Å²) in [5.41, 5.74) is -0.533. The molecule has 0 bridgehead atoms. The van der Waals surface area contributed by atoms with E-state index in [9.17, 15) is 18.4 Å². The normalized spacial score (nSPS) is 17.6. The Labute approximate surface area is 202 Å². The molecule has 3 aromatic carbocycles. The second kappa shape index (κ2) is 8.21. The smallest absolute Gasteiger partial charge is 0.328 e. The number of thiocarbonyl (C=S) groups is 1. The first-order chi connectivity index (χ1) is 16.2. The Morgan fingerprint density at radius 3 is 2.38 bits per heavy atom. The first-order valence-corrected chi connectivity index (χ1v) is 11.7. The average Bonchev–Trinajstić information content (AvgIpc) is 3.19. The van der Waals surface area contributed by atoms with Crippen molar-refractivity contribution in [1.82, 2.24) is 14.2 Å². The number of hydrogen-bond acceptors (Lipinski definition) is 5. The molecule has 0 amide bonds. The zero-order chi connectivity index (χ0) is 24.2. The summed E-state index contributed by atoms with van der Waals surface area (Å²) in [7, 11) is 0. The summed E-state index contributed by atoms with van der Waals surface area (Å²) in [5.74, 6) is -2.31. The molecule has 0 aliphatic carbocycles. The third-order valence-corrected chi connectivity index (χ3v) is 7.47. The second-order valence-corrected chi connectivity index (χ2v) is 10.8. The highest BCUT2D eigenvalue weighted by Crippen LogP contribution is 2.47. The number of fused-ring (bicyclic) bond motifs is 1. The van der Waals surface area contributed by atoms with E-state index >= 15 is 0 Å². The van der Waals surface area contributed by atoms with E-state index in [1.54, 1.807) is 12.1 Å². The van der Waals surface area contributed by atoms with Crippen LogP contribution in [0, 0.1) is 11.6 Å². The minimum absolute atomic E-state index is 0.183. The predicted molar refractivity (Wildman–Crippen MR) is 131 cm³/mol. The van der Waals surface area contributed by atoms with E-state index in [-0.39, 0.29) is 12.1 Å². The van der Waals surface area contributed by atoms with E-state index in [1.807, 2.05) is 44.2 Å². The number of halogens is 2. The third-order valence-electron chi connectivity index (χ3n) is 5.84. The largest absolute Gasteiger partial charge is 0.447 e. The first kappa shape index (κ1) is 22.5. The number of rotatable bonds is 4. The van der Waals surface area contributed by atoms with Crippen molar-refractivity contribution in [2.24, 2.45) is 0 Å². The Kier molecular flexibility index (Phi) is 5.44. The fraction of sp³-hybridized carbons (Fsp3) is 0.208. The van der Waals surface area contributed by atoms with Gasteiger partial charge in [-0.05, 0) is 48.9 Å². The van der Waals surface area contributed by atoms with Gasteiger partial charge in [-0.25, -0.2) is 18.4 Å². The Morgan fingerprint density at radius 1 is 1.00 bits per heavy atom. The van der Waals surface area contributed by atoms with Crippen molar-refractivity contribution in [2.45, 2.75) is 31.3 Å². The lowest BCUT2D eigenvalue weighted by Crippen LogP contribution is -2.42. The Bertz CT molecular complexity index is 1540. The minimum atomic E-state index is -0.883. The second-order valence-electron chi connectivity index (χ2n) is 8.51. The summed E-state index contributed by atoms with van der Waals surface area (Å²) < 4.78 is 35.7. The van der Waals surface area contributed by atoms with Crippen LogP contribution in [0.3, 0.4) is 0 Å². The van der Waals surface area contributed by atoms with Crippen LogP contribution in [0.5, 0.6) is 0 Å². The molecule has 2 heterocycles. The maximum Gasteiger partial charge on any atom is 0.447 e. The molecule has 174 valence electrons. The van der Waals surface area contributed by atoms with E-state index in [0.717, 1.165) is 32.2 Å². The first-order valence-electron chi connectivity index (χ1n) is 10.4. The maximum absolute atomic E-state index is 14.4. The highest BCUT2D eigenvalue weighted by Gasteiger charge is 2.48. The summed E-state index contributed by atoms with van der Waals surface area (Å²) in [5, 5.41) is 1.81. The van der Waals surface area contributed by atoms with Gasteiger partial charge < -0.3 is 9.42 Å². The van der Waals surface area contributed by atoms with Gasteiger partial charge in [-0.2, -0.15) is 4.57 Å². The van der Waals surface area contributed by atoms with E-state index in [4.69, 9.17) is 16.7 Å². The van der Waals surface area contributed by atoms with Gasteiger partial charge in [-0.15, -0.1) is 4.74 Å². The molecule has 0 radical (unpaired) electrons. The van der Waals surface area contributed by atoms with Crippen LogP contribution >= 0.6 is 24.0 Å². The van der Waals surface area contributed by atoms with Gasteiger partial charge in [-0.3, -0.25) is 0 Å². The molecule has 1 aliphatic heterocycles. The molecule has 1 atom stereocenters. The van der Waals surface area contributed by atoms with Gasteiger partial charge in [0.2, 0.25) is 0 Å². The van der Waals surface area contributed by atoms with E-state index in [2.05, 4.69) is 0 Å². The molecule has 1 unspecified atom stereocenters. The maximum atomic E-state index is 14.4. The molecule has 0 N–H and O–H groups in total. The average molecular weight is 500 g/mol. The van der Waals surface area contributed by atoms with Crippen molar-refractivity contribution in [3.63, 3.8) is 0 Å². The van der Waals surface area contributed by atoms with Crippen LogP contribution in [0.15, 0.2) is 74.8 Å². The molecule has 34 heavy (non-hydrogen) atoms. The van der Waals surface area contributed by atoms with Gasteiger partial charge in [0.25, 0.3) is 0 Å². The van der Waals surface area contributed by atoms with Gasteiger partial charge in [0, 0.05) is 5.56 Å². The summed E-state index contributed by atoms with van der Waals surface area (Å²) in [6.45, 7) is 3.42. The standard InChI is InChI=1S/C24H19F2N3O3S2/c1-24(2)20(27(23(33)34-24)13-17-18(25)8-5-9-19(17)26)29-21(30)28(22(31)32-29)16-11-10-14-6-3-4-7-15(14)12-16/h3-12,20H,13H2,1-2H3. The van der Waals surface area contributed by atoms with Crippen LogP contribution in [0.25, 0.3) is 16.5 Å². The van der Waals surface area contributed by atoms with Crippen molar-refractivity contribution in [1.29, 1.82) is 0 Å². The summed E-state index contributed by atoms with van der Waals surface area (Å²) in [4.78, 5) is 27.8. The lowest BCUT2D eigenvalue weighted by Gasteiger charge is -2.30. The molecule has 4 aromatic rings. The van der Waals surface area contributed by atoms with Gasteiger partial charge in [0.15, 0.2) is 6.17 Å². The molecule has 1 aliphatic rings. The Morgan fingerprint density at radius 2 is 1.68 bits per heavy atom. The van der Waals surface area contributed by atoms with Crippen LogP contribution in [0.4, 0.5) is 8.78 Å². The summed E-state index contributed by atoms with van der Waals surface area (Å²) >= 11 is 6.75. The number of nitrogens with zero attached hydrogens (tertiary/aromatic N) is 3. The van der Waals surface area contributed by atoms with Crippen molar-refractivity contribution < 1.29 is 13.3 Å². The van der Waals surface area contributed by atoms with Crippen LogP contribution in [-0.2, 0) is 6.54 Å². The van der Waals surface area contributed by atoms with E-state index < -0.39 is 34.0 Å². The highest BCUT2D eigenvalue weighted by atomic mass is 32.2. The van der Waals surface area contributed by atoms with Gasteiger partial charge >= 0.3 is 11.4 Å². The van der Waals surface area contributed by atoms with E-state index in [0.29, 0.717) is 10.0 Å². The zero-order valence-corrected chi connectivity index (χ0v) is 19.8. The molecule has 5 rings (SSSR count). The van der Waals surface area contributed by atoms with Crippen LogP contribution in [0.2, 0.25) is 0 Å². The number of benzene rings is 3. The lowest BCUT2D eigenvalue weighted by atomic mass is 10.1. The summed E-state index contributed by atoms with van der Waals surface area (Å²) in [6, 6.07) is 16.4. The number of aromatic nitrogens is 2. The fourth-order valence-electron chi connectivity index (χ4n) is 4.25. The van der Waals surface area contributed by atoms with Gasteiger partial charge in [0.1, 0.15) is 16.0 Å². The van der Waals surface area contributed by atoms with Crippen molar-refractivity contribution >= 4 is 39.1 Å². The highest BCUT2D eigenvalue weighted by molar-refractivity contribution is 8.24. The van der Waals surface area contributed by atoms with Gasteiger partial charge in [-0.1, -0.05) is 60.4 Å². The van der Waals surface area contributed by atoms with Crippen LogP contribution in [-0.4, -0.2) is 23.3 Å². The van der Waals surface area contributed by atoms with Gasteiger partial charge in [0.05, 0.1) is 17.0 Å². The predicted octanol–water partition coefficient (Wildman–Crippen LogP) is 4.83. The SMILES string of the molecule is CC1(C)SC(=S)N(Cc2c(F)cccc2F)C1n1oc(=O)n(-c2ccc3ccccc3c2)c1=O. The Balaban J connectivity index is 1.62. The molecule has 0 spiro atoms. The quantitative estimate of drug-likeness (QED) is 0.375. The molecule has 1 fully saturated rings. The molecule has 10 heteroatoms. The van der Waals surface area contributed by atoms with Crippen molar-refractivity contribution in [3.8, 4) is 5.69 Å². The minimum Gasteiger partial charge on any atom is -0.328 e. The number of thioether (sulfide) groups is 1. The molecule has 1 aromatic heterocycles. The summed E-state index contributed by atoms with van der Waals surface area (Å²) in [6.07, 6.45) is -0.883. The lowest BCUT2D eigenvalue weighted by molar-refractivity contribution is 0.0853. The fourth-order valence-corrected chi connectivity index (χ4v) is 6.12. The third kappa shape index (κ3) is 3.67. The number of hydrogen-bond donors (Lipinski definition) is 0. The van der Waals surface area contributed by atoms with Crippen molar-refractivity contribution in [3.05, 3.63) is 98.9 Å².